The third-order valence-electron chi connectivity index (χ3n) is 2.81. The van der Waals surface area contributed by atoms with Crippen molar-refractivity contribution in [2.24, 2.45) is 0 Å². The summed E-state index contributed by atoms with van der Waals surface area (Å²) in [7, 11) is 0. The molecule has 1 aromatic heterocycles. The molecule has 0 atom stereocenters. The first-order valence-electron chi connectivity index (χ1n) is 6.16. The van der Waals surface area contributed by atoms with Gasteiger partial charge >= 0.3 is 0 Å². The van der Waals surface area contributed by atoms with Gasteiger partial charge in [-0.1, -0.05) is 6.07 Å². The molecule has 0 aliphatic rings. The molecule has 1 heterocycles. The fraction of sp³-hybridized carbons (Fsp3) is 0.200. The van der Waals surface area contributed by atoms with E-state index in [1.807, 2.05) is 36.5 Å². The highest BCUT2D eigenvalue weighted by molar-refractivity contribution is 5.89. The van der Waals surface area contributed by atoms with Crippen LogP contribution in [0.15, 0.2) is 42.7 Å². The van der Waals surface area contributed by atoms with E-state index in [4.69, 9.17) is 0 Å². The van der Waals surface area contributed by atoms with Gasteiger partial charge in [-0.05, 0) is 42.3 Å². The molecule has 4 nitrogen and oxygen atoms in total. The first-order chi connectivity index (χ1) is 9.15. The first kappa shape index (κ1) is 13.1. The fourth-order valence-corrected chi connectivity index (χ4v) is 1.79. The Bertz CT molecular complexity index is 581. The zero-order chi connectivity index (χ0) is 13.7. The van der Waals surface area contributed by atoms with Crippen LogP contribution in [0.25, 0.3) is 0 Å². The average molecular weight is 255 g/mol. The second kappa shape index (κ2) is 6.00. The normalized spacial score (nSPS) is 10.0. The van der Waals surface area contributed by atoms with E-state index in [0.717, 1.165) is 16.9 Å². The van der Waals surface area contributed by atoms with E-state index in [1.165, 1.54) is 12.5 Å². The molecule has 1 aromatic carbocycles. The number of hydrogen-bond donors (Lipinski definition) is 2. The van der Waals surface area contributed by atoms with E-state index < -0.39 is 0 Å². The van der Waals surface area contributed by atoms with Crippen LogP contribution in [-0.4, -0.2) is 10.9 Å². The summed E-state index contributed by atoms with van der Waals surface area (Å²) in [5.41, 5.74) is 4.13. The van der Waals surface area contributed by atoms with Crippen molar-refractivity contribution in [3.63, 3.8) is 0 Å². The average Bonchev–Trinajstić information content (AvgIpc) is 2.37. The maximum absolute atomic E-state index is 11.0. The van der Waals surface area contributed by atoms with E-state index in [9.17, 15) is 4.79 Å². The van der Waals surface area contributed by atoms with Crippen LogP contribution >= 0.6 is 0 Å². The number of aromatic nitrogens is 1. The van der Waals surface area contributed by atoms with Gasteiger partial charge < -0.3 is 10.6 Å². The number of anilines is 2. The number of nitrogens with one attached hydrogen (secondary N) is 2. The van der Waals surface area contributed by atoms with Gasteiger partial charge in [0, 0.05) is 37.2 Å². The van der Waals surface area contributed by atoms with Crippen molar-refractivity contribution in [2.75, 3.05) is 10.6 Å². The van der Waals surface area contributed by atoms with Crippen LogP contribution < -0.4 is 10.6 Å². The second-order valence-corrected chi connectivity index (χ2v) is 4.42. The lowest BCUT2D eigenvalue weighted by molar-refractivity contribution is -0.114. The number of carbonyl (C=O) groups excluding carboxylic acids is 1. The van der Waals surface area contributed by atoms with Gasteiger partial charge in [0.05, 0.1) is 0 Å². The summed E-state index contributed by atoms with van der Waals surface area (Å²) in [5.74, 6) is -0.0692. The molecule has 0 fully saturated rings. The zero-order valence-electron chi connectivity index (χ0n) is 11.1. The maximum atomic E-state index is 11.0. The summed E-state index contributed by atoms with van der Waals surface area (Å²) in [6.45, 7) is 4.27. The Kier molecular flexibility index (Phi) is 4.13. The summed E-state index contributed by atoms with van der Waals surface area (Å²) in [6.07, 6.45) is 3.65. The number of hydrogen-bond acceptors (Lipinski definition) is 3. The molecule has 0 aliphatic heterocycles. The van der Waals surface area contributed by atoms with Gasteiger partial charge in [0.2, 0.25) is 5.91 Å². The van der Waals surface area contributed by atoms with Crippen molar-refractivity contribution in [1.29, 1.82) is 0 Å². The Morgan fingerprint density at radius 1 is 1.26 bits per heavy atom. The number of pyridine rings is 1. The number of aryl methyl sites for hydroxylation is 1. The third-order valence-corrected chi connectivity index (χ3v) is 2.81. The number of carbonyl (C=O) groups is 1. The molecule has 98 valence electrons. The molecule has 0 saturated carbocycles. The van der Waals surface area contributed by atoms with E-state index >= 15 is 0 Å². The smallest absolute Gasteiger partial charge is 0.221 e. The summed E-state index contributed by atoms with van der Waals surface area (Å²) in [6, 6.07) is 9.64. The summed E-state index contributed by atoms with van der Waals surface area (Å²) in [4.78, 5) is 15.1. The van der Waals surface area contributed by atoms with Gasteiger partial charge in [-0.25, -0.2) is 0 Å². The van der Waals surface area contributed by atoms with Gasteiger partial charge in [0.25, 0.3) is 0 Å². The molecule has 0 unspecified atom stereocenters. The molecule has 19 heavy (non-hydrogen) atoms. The Balaban J connectivity index is 2.03. The molecule has 0 aliphatic carbocycles. The SMILES string of the molecule is CC(=O)Nc1cccc(NCc2cnccc2C)c1. The maximum Gasteiger partial charge on any atom is 0.221 e. The lowest BCUT2D eigenvalue weighted by Crippen LogP contribution is -2.06. The van der Waals surface area contributed by atoms with Gasteiger partial charge in [-0.3, -0.25) is 9.78 Å². The molecule has 0 spiro atoms. The van der Waals surface area contributed by atoms with Crippen LogP contribution in [0.3, 0.4) is 0 Å². The number of rotatable bonds is 4. The standard InChI is InChI=1S/C15H17N3O/c1-11-6-7-16-9-13(11)10-17-14-4-3-5-15(8-14)18-12(2)19/h3-9,17H,10H2,1-2H3,(H,18,19). The molecule has 4 heteroatoms. The number of benzene rings is 1. The van der Waals surface area contributed by atoms with Gasteiger partial charge in [0.15, 0.2) is 0 Å². The van der Waals surface area contributed by atoms with E-state index in [2.05, 4.69) is 22.5 Å². The zero-order valence-corrected chi connectivity index (χ0v) is 11.1. The Morgan fingerprint density at radius 2 is 2.05 bits per heavy atom. The van der Waals surface area contributed by atoms with Gasteiger partial charge in [-0.15, -0.1) is 0 Å². The molecular formula is C15H17N3O. The van der Waals surface area contributed by atoms with Gasteiger partial charge in [-0.2, -0.15) is 0 Å². The van der Waals surface area contributed by atoms with Gasteiger partial charge in [0.1, 0.15) is 0 Å². The summed E-state index contributed by atoms with van der Waals surface area (Å²) < 4.78 is 0. The van der Waals surface area contributed by atoms with Crippen molar-refractivity contribution < 1.29 is 4.79 Å². The summed E-state index contributed by atoms with van der Waals surface area (Å²) in [5, 5.41) is 6.09. The van der Waals surface area contributed by atoms with Crippen molar-refractivity contribution in [3.8, 4) is 0 Å². The molecule has 2 rings (SSSR count). The van der Waals surface area contributed by atoms with Crippen molar-refractivity contribution in [3.05, 3.63) is 53.9 Å². The highest BCUT2D eigenvalue weighted by atomic mass is 16.1. The van der Waals surface area contributed by atoms with Crippen molar-refractivity contribution >= 4 is 17.3 Å². The predicted molar refractivity (Wildman–Crippen MR) is 77.0 cm³/mol. The Hall–Kier alpha value is -2.36. The lowest BCUT2D eigenvalue weighted by Gasteiger charge is -2.10. The molecule has 1 amide bonds. The second-order valence-electron chi connectivity index (χ2n) is 4.42. The third kappa shape index (κ3) is 3.81. The topological polar surface area (TPSA) is 54.0 Å². The fourth-order valence-electron chi connectivity index (χ4n) is 1.79. The highest BCUT2D eigenvalue weighted by Crippen LogP contribution is 2.16. The van der Waals surface area contributed by atoms with Crippen LogP contribution in [0.1, 0.15) is 18.1 Å². The Morgan fingerprint density at radius 3 is 2.79 bits per heavy atom. The van der Waals surface area contributed by atoms with Crippen LogP contribution in [0, 0.1) is 6.92 Å². The molecule has 0 bridgehead atoms. The van der Waals surface area contributed by atoms with E-state index in [1.54, 1.807) is 6.20 Å². The molecule has 0 saturated heterocycles. The monoisotopic (exact) mass is 255 g/mol. The van der Waals surface area contributed by atoms with Crippen LogP contribution in [0.4, 0.5) is 11.4 Å². The first-order valence-corrected chi connectivity index (χ1v) is 6.16. The molecule has 0 radical (unpaired) electrons. The lowest BCUT2D eigenvalue weighted by atomic mass is 10.1. The number of nitrogens with zero attached hydrogens (tertiary/aromatic N) is 1. The van der Waals surface area contributed by atoms with Crippen molar-refractivity contribution in [2.45, 2.75) is 20.4 Å². The largest absolute Gasteiger partial charge is 0.381 e. The Labute approximate surface area is 112 Å². The minimum absolute atomic E-state index is 0.0692. The van der Waals surface area contributed by atoms with E-state index in [0.29, 0.717) is 6.54 Å². The quantitative estimate of drug-likeness (QED) is 0.883. The van der Waals surface area contributed by atoms with Crippen LogP contribution in [-0.2, 0) is 11.3 Å². The van der Waals surface area contributed by atoms with E-state index in [-0.39, 0.29) is 5.91 Å². The van der Waals surface area contributed by atoms with Crippen molar-refractivity contribution in [1.82, 2.24) is 4.98 Å². The molecular weight excluding hydrogens is 238 g/mol. The van der Waals surface area contributed by atoms with Crippen LogP contribution in [0.2, 0.25) is 0 Å². The molecule has 2 aromatic rings. The minimum atomic E-state index is -0.0692. The molecule has 2 N–H and O–H groups in total. The minimum Gasteiger partial charge on any atom is -0.381 e. The number of amides is 1. The highest BCUT2D eigenvalue weighted by Gasteiger charge is 2.00. The summed E-state index contributed by atoms with van der Waals surface area (Å²) >= 11 is 0. The van der Waals surface area contributed by atoms with Crippen LogP contribution in [0.5, 0.6) is 0 Å². The predicted octanol–water partition coefficient (Wildman–Crippen LogP) is 2.96.